The van der Waals surface area contributed by atoms with Crippen LogP contribution >= 0.6 is 0 Å². The number of ether oxygens (including phenoxy) is 3. The van der Waals surface area contributed by atoms with Crippen molar-refractivity contribution in [3.63, 3.8) is 0 Å². The van der Waals surface area contributed by atoms with E-state index in [0.717, 1.165) is 34.4 Å². The van der Waals surface area contributed by atoms with Crippen LogP contribution in [0.1, 0.15) is 48.8 Å². The van der Waals surface area contributed by atoms with E-state index in [1.807, 2.05) is 53.1 Å². The normalized spacial score (nSPS) is 20.7. The second-order valence-corrected chi connectivity index (χ2v) is 12.4. The van der Waals surface area contributed by atoms with Gasteiger partial charge in [-0.1, -0.05) is 123 Å². The van der Waals surface area contributed by atoms with Crippen LogP contribution in [0.2, 0.25) is 0 Å². The average molecular weight is 652 g/mol. The Kier molecular flexibility index (Phi) is 8.99. The minimum Gasteiger partial charge on any atom is -0.497 e. The summed E-state index contributed by atoms with van der Waals surface area (Å²) in [4.78, 5) is 14.5. The van der Waals surface area contributed by atoms with E-state index in [0.29, 0.717) is 23.6 Å². The molecule has 7 rings (SSSR count). The molecule has 6 aromatic rings. The van der Waals surface area contributed by atoms with Crippen LogP contribution in [0.3, 0.4) is 0 Å². The monoisotopic (exact) mass is 651 g/mol. The highest BCUT2D eigenvalue weighted by atomic mass is 16.6. The predicted molar refractivity (Wildman–Crippen MR) is 192 cm³/mol. The first-order valence-electron chi connectivity index (χ1n) is 16.7. The van der Waals surface area contributed by atoms with Gasteiger partial charge in [-0.3, -0.25) is 4.57 Å². The van der Waals surface area contributed by atoms with E-state index < -0.39 is 17.4 Å². The van der Waals surface area contributed by atoms with Gasteiger partial charge in [0, 0.05) is 5.92 Å². The number of nitrogens with zero attached hydrogens (tertiary/aromatic N) is 4. The first kappa shape index (κ1) is 32.2. The van der Waals surface area contributed by atoms with Gasteiger partial charge in [-0.05, 0) is 40.8 Å². The van der Waals surface area contributed by atoms with Gasteiger partial charge >= 0.3 is 0 Å². The van der Waals surface area contributed by atoms with Gasteiger partial charge in [0.2, 0.25) is 0 Å². The van der Waals surface area contributed by atoms with Crippen molar-refractivity contribution in [2.45, 2.75) is 50.3 Å². The molecule has 0 amide bonds. The van der Waals surface area contributed by atoms with Crippen molar-refractivity contribution < 1.29 is 14.2 Å². The SMILES string of the molecule is C=C[C@@]1(OCc2ccccc2)[C@H](C)[C@@H](CC)O[C@H]1n1cnc2c(NC(c3ccccc3)(c3ccccc3)c3ccc(OC)cc3)ncnc21. The smallest absolute Gasteiger partial charge is 0.170 e. The Morgan fingerprint density at radius 1 is 0.857 bits per heavy atom. The standard InChI is InChI=1S/C41H41N5O3/c1-5-35-29(3)40(6-2,48-26-30-16-10-7-11-17-30)39(49-35)46-28-44-36-37(42-27-43-38(36)46)45-41(31-18-12-8-13-19-31,32-20-14-9-15-21-32)33-22-24-34(47-4)25-23-33/h6-25,27-29,35,39H,2,5,26H2,1,3-4H3,(H,42,43,45)/t29-,35-,39-,40-/m1/s1. The quantitative estimate of drug-likeness (QED) is 0.105. The van der Waals surface area contributed by atoms with Crippen molar-refractivity contribution in [2.75, 3.05) is 12.4 Å². The molecule has 49 heavy (non-hydrogen) atoms. The number of aromatic nitrogens is 4. The molecule has 2 aromatic heterocycles. The van der Waals surface area contributed by atoms with E-state index >= 15 is 0 Å². The summed E-state index contributed by atoms with van der Waals surface area (Å²) in [6, 6.07) is 39.1. The zero-order valence-corrected chi connectivity index (χ0v) is 28.1. The third-order valence-corrected chi connectivity index (χ3v) is 9.87. The largest absolute Gasteiger partial charge is 0.497 e. The van der Waals surface area contributed by atoms with Gasteiger partial charge in [0.05, 0.1) is 26.1 Å². The van der Waals surface area contributed by atoms with E-state index in [9.17, 15) is 0 Å². The lowest BCUT2D eigenvalue weighted by atomic mass is 9.77. The third-order valence-electron chi connectivity index (χ3n) is 9.87. The lowest BCUT2D eigenvalue weighted by Crippen LogP contribution is -2.42. The van der Waals surface area contributed by atoms with Crippen molar-refractivity contribution in [1.82, 2.24) is 19.5 Å². The van der Waals surface area contributed by atoms with Gasteiger partial charge in [-0.15, -0.1) is 6.58 Å². The summed E-state index contributed by atoms with van der Waals surface area (Å²) in [5, 5.41) is 3.88. The molecule has 1 N–H and O–H groups in total. The number of imidazole rings is 1. The number of nitrogens with one attached hydrogen (secondary N) is 1. The lowest BCUT2D eigenvalue weighted by molar-refractivity contribution is -0.113. The molecule has 8 heteroatoms. The number of methoxy groups -OCH3 is 1. The molecule has 0 aliphatic carbocycles. The molecule has 0 saturated carbocycles. The number of hydrogen-bond donors (Lipinski definition) is 1. The average Bonchev–Trinajstić information content (AvgIpc) is 3.72. The fourth-order valence-corrected chi connectivity index (χ4v) is 7.20. The molecule has 0 bridgehead atoms. The van der Waals surface area contributed by atoms with Crippen LogP contribution in [0, 0.1) is 5.92 Å². The van der Waals surface area contributed by atoms with Crippen LogP contribution in [0.5, 0.6) is 5.75 Å². The Bertz CT molecular complexity index is 1960. The Morgan fingerprint density at radius 3 is 2.06 bits per heavy atom. The molecule has 4 atom stereocenters. The van der Waals surface area contributed by atoms with E-state index in [-0.39, 0.29) is 12.0 Å². The summed E-state index contributed by atoms with van der Waals surface area (Å²) in [6.45, 7) is 9.00. The molecule has 1 aliphatic rings. The van der Waals surface area contributed by atoms with Gasteiger partial charge in [-0.2, -0.15) is 0 Å². The minimum atomic E-state index is -0.838. The molecule has 0 spiro atoms. The molecule has 3 heterocycles. The summed E-state index contributed by atoms with van der Waals surface area (Å²) < 4.78 is 21.1. The number of benzene rings is 4. The molecule has 0 unspecified atom stereocenters. The summed E-state index contributed by atoms with van der Waals surface area (Å²) in [5.74, 6) is 1.39. The van der Waals surface area contributed by atoms with E-state index in [4.69, 9.17) is 29.2 Å². The summed E-state index contributed by atoms with van der Waals surface area (Å²) >= 11 is 0. The van der Waals surface area contributed by atoms with Crippen LogP contribution in [-0.2, 0) is 21.6 Å². The number of fused-ring (bicyclic) bond motifs is 1. The number of hydrogen-bond acceptors (Lipinski definition) is 7. The topological polar surface area (TPSA) is 83.3 Å². The number of rotatable bonds is 12. The summed E-state index contributed by atoms with van der Waals surface area (Å²) in [7, 11) is 1.67. The highest BCUT2D eigenvalue weighted by Crippen LogP contribution is 2.49. The highest BCUT2D eigenvalue weighted by molar-refractivity contribution is 5.84. The molecular formula is C41H41N5O3. The second kappa shape index (κ2) is 13.7. The van der Waals surface area contributed by atoms with E-state index in [1.54, 1.807) is 19.8 Å². The van der Waals surface area contributed by atoms with Crippen LogP contribution in [0.4, 0.5) is 5.82 Å². The van der Waals surface area contributed by atoms with Crippen LogP contribution in [0.25, 0.3) is 11.2 Å². The maximum Gasteiger partial charge on any atom is 0.170 e. The zero-order chi connectivity index (χ0) is 33.8. The van der Waals surface area contributed by atoms with Crippen molar-refractivity contribution in [3.05, 3.63) is 163 Å². The van der Waals surface area contributed by atoms with Gasteiger partial charge in [0.25, 0.3) is 0 Å². The maximum absolute atomic E-state index is 6.80. The van der Waals surface area contributed by atoms with Crippen LogP contribution in [0.15, 0.2) is 141 Å². The Balaban J connectivity index is 1.36. The van der Waals surface area contributed by atoms with Gasteiger partial charge < -0.3 is 19.5 Å². The van der Waals surface area contributed by atoms with Crippen molar-refractivity contribution in [2.24, 2.45) is 5.92 Å². The van der Waals surface area contributed by atoms with Gasteiger partial charge in [0.1, 0.15) is 23.2 Å². The molecule has 1 fully saturated rings. The van der Waals surface area contributed by atoms with Gasteiger partial charge in [0.15, 0.2) is 23.2 Å². The summed E-state index contributed by atoms with van der Waals surface area (Å²) in [5.41, 5.74) is 3.74. The molecule has 4 aromatic carbocycles. The fourth-order valence-electron chi connectivity index (χ4n) is 7.20. The first-order chi connectivity index (χ1) is 24.0. The highest BCUT2D eigenvalue weighted by Gasteiger charge is 2.54. The van der Waals surface area contributed by atoms with Crippen LogP contribution < -0.4 is 10.1 Å². The van der Waals surface area contributed by atoms with Gasteiger partial charge in [-0.25, -0.2) is 15.0 Å². The zero-order valence-electron chi connectivity index (χ0n) is 28.1. The lowest BCUT2D eigenvalue weighted by Gasteiger charge is -2.37. The minimum absolute atomic E-state index is 0.0273. The third kappa shape index (κ3) is 5.67. The van der Waals surface area contributed by atoms with Crippen molar-refractivity contribution in [3.8, 4) is 5.75 Å². The Labute approximate surface area is 287 Å². The fraction of sp³-hybridized carbons (Fsp3) is 0.244. The molecular weight excluding hydrogens is 610 g/mol. The summed E-state index contributed by atoms with van der Waals surface area (Å²) in [6.07, 6.45) is 5.49. The second-order valence-electron chi connectivity index (χ2n) is 12.4. The molecule has 0 radical (unpaired) electrons. The maximum atomic E-state index is 6.80. The Hall–Kier alpha value is -5.31. The molecule has 8 nitrogen and oxygen atoms in total. The van der Waals surface area contributed by atoms with Crippen molar-refractivity contribution in [1.29, 1.82) is 0 Å². The Morgan fingerprint density at radius 2 is 1.47 bits per heavy atom. The first-order valence-corrected chi connectivity index (χ1v) is 16.7. The van der Waals surface area contributed by atoms with Crippen LogP contribution in [-0.4, -0.2) is 38.3 Å². The predicted octanol–water partition coefficient (Wildman–Crippen LogP) is 8.32. The van der Waals surface area contributed by atoms with E-state index in [2.05, 4.69) is 98.5 Å². The molecule has 1 saturated heterocycles. The molecule has 248 valence electrons. The van der Waals surface area contributed by atoms with Crippen molar-refractivity contribution >= 4 is 17.0 Å². The van der Waals surface area contributed by atoms with E-state index in [1.165, 1.54) is 0 Å². The number of anilines is 1. The molecule has 1 aliphatic heterocycles.